The van der Waals surface area contributed by atoms with Crippen molar-refractivity contribution in [3.8, 4) is 11.5 Å². The van der Waals surface area contributed by atoms with E-state index in [-0.39, 0.29) is 24.1 Å². The molecule has 10 heteroatoms. The molecule has 1 rings (SSSR count). The maximum absolute atomic E-state index is 10.7. The van der Waals surface area contributed by atoms with Crippen molar-refractivity contribution in [3.63, 3.8) is 0 Å². The topological polar surface area (TPSA) is 147 Å². The Labute approximate surface area is 114 Å². The maximum atomic E-state index is 10.7. The second kappa shape index (κ2) is 7.01. The van der Waals surface area contributed by atoms with Crippen LogP contribution in [0.5, 0.6) is 11.5 Å². The molecule has 9 nitrogen and oxygen atoms in total. The maximum Gasteiger partial charge on any atom is 0.315 e. The molecular weight excluding hydrogens is 278 g/mol. The third kappa shape index (κ3) is 4.32. The van der Waals surface area contributed by atoms with Crippen molar-refractivity contribution in [1.82, 2.24) is 5.43 Å². The van der Waals surface area contributed by atoms with Gasteiger partial charge < -0.3 is 15.6 Å². The Bertz CT molecular complexity index is 520. The first-order valence-corrected chi connectivity index (χ1v) is 4.64. The molecule has 0 unspecified atom stereocenters. The third-order valence-electron chi connectivity index (χ3n) is 1.89. The van der Waals surface area contributed by atoms with Crippen molar-refractivity contribution in [2.45, 2.75) is 0 Å². The van der Waals surface area contributed by atoms with Crippen LogP contribution in [0.4, 0.5) is 5.69 Å². The molecule has 1 aromatic rings. The summed E-state index contributed by atoms with van der Waals surface area (Å²) >= 11 is 0. The Hall–Kier alpha value is -2.55. The second-order valence-electron chi connectivity index (χ2n) is 3.13. The minimum atomic E-state index is -0.742. The number of ether oxygens (including phenoxy) is 1. The van der Waals surface area contributed by atoms with Gasteiger partial charge in [-0.15, -0.1) is 12.4 Å². The molecular formula is C9H12ClN5O4. The van der Waals surface area contributed by atoms with E-state index in [1.165, 1.54) is 19.4 Å². The summed E-state index contributed by atoms with van der Waals surface area (Å²) < 4.78 is 4.80. The van der Waals surface area contributed by atoms with Gasteiger partial charge in [-0.05, 0) is 6.07 Å². The monoisotopic (exact) mass is 289 g/mol. The molecule has 0 aliphatic rings. The van der Waals surface area contributed by atoms with Gasteiger partial charge in [0.2, 0.25) is 11.7 Å². The standard InChI is InChI=1S/C9H11N5O4.ClH/c1-18-7-3-5(4-12-13-9(10)11)2-6(8(7)15)14(16)17;/h2-4,15H,1H3,(H4,10,11,13);1H/b12-4+;. The van der Waals surface area contributed by atoms with Gasteiger partial charge in [0.25, 0.3) is 0 Å². The number of methoxy groups -OCH3 is 1. The number of nitrogens with zero attached hydrogens (tertiary/aromatic N) is 2. The molecule has 0 radical (unpaired) electrons. The first-order chi connectivity index (χ1) is 8.45. The van der Waals surface area contributed by atoms with Gasteiger partial charge in [-0.2, -0.15) is 5.10 Å². The summed E-state index contributed by atoms with van der Waals surface area (Å²) in [7, 11) is 1.27. The first kappa shape index (κ1) is 16.4. The van der Waals surface area contributed by atoms with Crippen LogP contribution in [0, 0.1) is 15.5 Å². The quantitative estimate of drug-likeness (QED) is 0.275. The van der Waals surface area contributed by atoms with Gasteiger partial charge in [0.1, 0.15) is 0 Å². The normalized spacial score (nSPS) is 9.74. The van der Waals surface area contributed by atoms with Gasteiger partial charge in [-0.1, -0.05) is 0 Å². The molecule has 0 fully saturated rings. The molecule has 0 aromatic heterocycles. The lowest BCUT2D eigenvalue weighted by Gasteiger charge is -2.04. The molecule has 0 aliphatic heterocycles. The molecule has 5 N–H and O–H groups in total. The predicted molar refractivity (Wildman–Crippen MR) is 71.2 cm³/mol. The molecule has 1 aromatic carbocycles. The van der Waals surface area contributed by atoms with Crippen LogP contribution >= 0.6 is 12.4 Å². The number of guanidine groups is 1. The van der Waals surface area contributed by atoms with Gasteiger partial charge in [-0.3, -0.25) is 15.5 Å². The van der Waals surface area contributed by atoms with Crippen LogP contribution in [-0.2, 0) is 0 Å². The fourth-order valence-electron chi connectivity index (χ4n) is 1.16. The number of phenolic OH excluding ortho intramolecular Hbond substituents is 1. The highest BCUT2D eigenvalue weighted by molar-refractivity contribution is 5.85. The summed E-state index contributed by atoms with van der Waals surface area (Å²) in [6.45, 7) is 0. The zero-order chi connectivity index (χ0) is 13.7. The highest BCUT2D eigenvalue weighted by atomic mass is 35.5. The molecule has 0 saturated carbocycles. The largest absolute Gasteiger partial charge is 0.500 e. The Morgan fingerprint density at radius 3 is 2.79 bits per heavy atom. The number of phenols is 1. The number of benzene rings is 1. The minimum Gasteiger partial charge on any atom is -0.500 e. The molecule has 0 spiro atoms. The van der Waals surface area contributed by atoms with Crippen LogP contribution in [0.1, 0.15) is 5.56 Å². The Balaban J connectivity index is 0.00000324. The number of rotatable bonds is 4. The van der Waals surface area contributed by atoms with E-state index in [1.54, 1.807) is 0 Å². The van der Waals surface area contributed by atoms with Gasteiger partial charge in [0.15, 0.2) is 5.75 Å². The Kier molecular flexibility index (Phi) is 6.07. The van der Waals surface area contributed by atoms with Crippen LogP contribution in [0.3, 0.4) is 0 Å². The predicted octanol–water partition coefficient (Wildman–Crippen LogP) is 0.548. The van der Waals surface area contributed by atoms with E-state index in [2.05, 4.69) is 10.5 Å². The molecule has 104 valence electrons. The summed E-state index contributed by atoms with van der Waals surface area (Å²) in [5.74, 6) is -0.973. The van der Waals surface area contributed by atoms with Gasteiger partial charge in [-0.25, -0.2) is 5.43 Å². The van der Waals surface area contributed by atoms with Crippen LogP contribution in [0.2, 0.25) is 0 Å². The highest BCUT2D eigenvalue weighted by Gasteiger charge is 2.19. The number of nitro benzene ring substituents is 1. The van der Waals surface area contributed by atoms with E-state index in [4.69, 9.17) is 15.9 Å². The van der Waals surface area contributed by atoms with E-state index < -0.39 is 16.4 Å². The van der Waals surface area contributed by atoms with Crippen molar-refractivity contribution in [3.05, 3.63) is 27.8 Å². The SMILES string of the molecule is COc1cc(/C=N/NC(=N)N)cc([N+](=O)[O-])c1O.Cl. The van der Waals surface area contributed by atoms with Crippen molar-refractivity contribution < 1.29 is 14.8 Å². The molecule has 0 atom stereocenters. The average Bonchev–Trinajstić information content (AvgIpc) is 2.30. The zero-order valence-corrected chi connectivity index (χ0v) is 10.6. The Morgan fingerprint density at radius 2 is 2.32 bits per heavy atom. The van der Waals surface area contributed by atoms with E-state index in [1.807, 2.05) is 0 Å². The number of halogens is 1. The number of aromatic hydroxyl groups is 1. The number of nitrogens with two attached hydrogens (primary N) is 1. The summed E-state index contributed by atoms with van der Waals surface area (Å²) in [6, 6.07) is 2.47. The molecule has 0 heterocycles. The highest BCUT2D eigenvalue weighted by Crippen LogP contribution is 2.36. The molecule has 19 heavy (non-hydrogen) atoms. The van der Waals surface area contributed by atoms with E-state index in [0.717, 1.165) is 6.07 Å². The minimum absolute atomic E-state index is 0. The van der Waals surface area contributed by atoms with Crippen molar-refractivity contribution in [2.24, 2.45) is 10.8 Å². The number of nitrogens with one attached hydrogen (secondary N) is 2. The summed E-state index contributed by atoms with van der Waals surface area (Å²) in [4.78, 5) is 9.96. The van der Waals surface area contributed by atoms with Crippen molar-refractivity contribution >= 4 is 30.3 Å². The molecule has 0 saturated heterocycles. The van der Waals surface area contributed by atoms with Gasteiger partial charge in [0, 0.05) is 11.6 Å². The first-order valence-electron chi connectivity index (χ1n) is 4.64. The average molecular weight is 290 g/mol. The summed E-state index contributed by atoms with van der Waals surface area (Å²) in [6.07, 6.45) is 1.20. The third-order valence-corrected chi connectivity index (χ3v) is 1.89. The second-order valence-corrected chi connectivity index (χ2v) is 3.13. The van der Waals surface area contributed by atoms with E-state index in [0.29, 0.717) is 5.56 Å². The number of nitro groups is 1. The van der Waals surface area contributed by atoms with Crippen LogP contribution in [0.15, 0.2) is 17.2 Å². The molecule has 0 amide bonds. The zero-order valence-electron chi connectivity index (χ0n) is 9.78. The van der Waals surface area contributed by atoms with Crippen LogP contribution < -0.4 is 15.9 Å². The number of hydrogen-bond donors (Lipinski definition) is 4. The summed E-state index contributed by atoms with van der Waals surface area (Å²) in [5, 5.41) is 30.6. The van der Waals surface area contributed by atoms with Crippen LogP contribution in [-0.4, -0.2) is 29.3 Å². The molecule has 0 aliphatic carbocycles. The lowest BCUT2D eigenvalue weighted by molar-refractivity contribution is -0.386. The Morgan fingerprint density at radius 1 is 1.68 bits per heavy atom. The molecule has 0 bridgehead atoms. The fourth-order valence-corrected chi connectivity index (χ4v) is 1.16. The summed E-state index contributed by atoms with van der Waals surface area (Å²) in [5.41, 5.74) is 6.96. The van der Waals surface area contributed by atoms with Gasteiger partial charge in [0.05, 0.1) is 18.2 Å². The van der Waals surface area contributed by atoms with Crippen molar-refractivity contribution in [1.29, 1.82) is 5.41 Å². The fraction of sp³-hybridized carbons (Fsp3) is 0.111. The lowest BCUT2D eigenvalue weighted by Crippen LogP contribution is -2.25. The van der Waals surface area contributed by atoms with Crippen molar-refractivity contribution in [2.75, 3.05) is 7.11 Å². The lowest BCUT2D eigenvalue weighted by atomic mass is 10.2. The smallest absolute Gasteiger partial charge is 0.315 e. The van der Waals surface area contributed by atoms with Crippen LogP contribution in [0.25, 0.3) is 0 Å². The number of hydrazone groups is 1. The van der Waals surface area contributed by atoms with E-state index >= 15 is 0 Å². The van der Waals surface area contributed by atoms with E-state index in [9.17, 15) is 15.2 Å². The van der Waals surface area contributed by atoms with Gasteiger partial charge >= 0.3 is 5.69 Å². The number of hydrogen-bond acceptors (Lipinski definition) is 6.